The first kappa shape index (κ1) is 37.1. The van der Waals surface area contributed by atoms with Crippen molar-refractivity contribution in [2.75, 3.05) is 44.7 Å². The van der Waals surface area contributed by atoms with Crippen LogP contribution in [0.5, 0.6) is 5.75 Å². The zero-order valence-corrected chi connectivity index (χ0v) is 30.4. The van der Waals surface area contributed by atoms with E-state index in [9.17, 15) is 31.7 Å². The third kappa shape index (κ3) is 7.74. The number of hydrogen-bond donors (Lipinski definition) is 1. The summed E-state index contributed by atoms with van der Waals surface area (Å²) in [4.78, 5) is 17.5. The Kier molecular flexibility index (Phi) is 10.9. The van der Waals surface area contributed by atoms with Gasteiger partial charge in [0.1, 0.15) is 5.75 Å². The summed E-state index contributed by atoms with van der Waals surface area (Å²) in [6.45, 7) is 6.14. The summed E-state index contributed by atoms with van der Waals surface area (Å²) in [5.41, 5.74) is 2.72. The standard InChI is InChI=1S/C38H56F4N2O4S/c1-35-13-11-30-29-8-7-28(48-34(46)44-20-16-37(17-21-44)14-18-43(3)19-15-37)25-27(29)24-26(33(30)31(35)9-10-32(35)45)6-4-22-49(47)23-5-12-38(41,42)36(2,39)40/h7-8,25-26,30-33,45H,4-6,9-24H2,1-3H3/t26-,30-,31+,32+,33-,35+,49?/m1/s1. The fourth-order valence-electron chi connectivity index (χ4n) is 10.3. The molecule has 2 saturated carbocycles. The van der Waals surface area contributed by atoms with E-state index in [1.807, 2.05) is 17.0 Å². The topological polar surface area (TPSA) is 70.1 Å². The molecule has 276 valence electrons. The number of nitrogens with zero attached hydrogens (tertiary/aromatic N) is 2. The smallest absolute Gasteiger partial charge is 0.410 e. The molecule has 2 heterocycles. The quantitative estimate of drug-likeness (QED) is 0.249. The molecule has 11 heteroatoms. The Balaban J connectivity index is 1.10. The van der Waals surface area contributed by atoms with Crippen LogP contribution in [0.3, 0.4) is 0 Å². The van der Waals surface area contributed by atoms with Crippen LogP contribution in [0.25, 0.3) is 0 Å². The van der Waals surface area contributed by atoms with Crippen molar-refractivity contribution in [2.24, 2.45) is 28.6 Å². The van der Waals surface area contributed by atoms with Crippen LogP contribution >= 0.6 is 0 Å². The van der Waals surface area contributed by atoms with Crippen molar-refractivity contribution in [3.8, 4) is 5.75 Å². The van der Waals surface area contributed by atoms with Gasteiger partial charge in [0.25, 0.3) is 0 Å². The van der Waals surface area contributed by atoms with E-state index in [4.69, 9.17) is 4.74 Å². The zero-order valence-electron chi connectivity index (χ0n) is 29.5. The normalized spacial score (nSPS) is 32.3. The third-order valence-electron chi connectivity index (χ3n) is 13.6. The Hall–Kier alpha value is -1.72. The van der Waals surface area contributed by atoms with E-state index in [-0.39, 0.29) is 42.6 Å². The largest absolute Gasteiger partial charge is 0.415 e. The number of fused-ring (bicyclic) bond motifs is 5. The summed E-state index contributed by atoms with van der Waals surface area (Å²) in [6.07, 6.45) is 8.63. The highest BCUT2D eigenvalue weighted by atomic mass is 32.2. The summed E-state index contributed by atoms with van der Waals surface area (Å²) >= 11 is 0. The second-order valence-corrected chi connectivity index (χ2v) is 18.3. The van der Waals surface area contributed by atoms with Crippen LogP contribution in [0, 0.1) is 28.6 Å². The molecule has 1 aromatic carbocycles. The van der Waals surface area contributed by atoms with Gasteiger partial charge in [-0.15, -0.1) is 0 Å². The van der Waals surface area contributed by atoms with Crippen LogP contribution in [0.15, 0.2) is 18.2 Å². The van der Waals surface area contributed by atoms with Crippen molar-refractivity contribution >= 4 is 16.9 Å². The summed E-state index contributed by atoms with van der Waals surface area (Å²) in [5.74, 6) is -5.92. The minimum atomic E-state index is -4.10. The van der Waals surface area contributed by atoms with E-state index in [1.165, 1.54) is 24.0 Å². The Labute approximate surface area is 292 Å². The number of alkyl halides is 4. The summed E-state index contributed by atoms with van der Waals surface area (Å²) in [5, 5.41) is 11.0. The Morgan fingerprint density at radius 1 is 1.00 bits per heavy atom. The number of carbonyl (C=O) groups is 1. The van der Waals surface area contributed by atoms with Gasteiger partial charge < -0.3 is 19.6 Å². The lowest BCUT2D eigenvalue weighted by molar-refractivity contribution is -0.200. The Morgan fingerprint density at radius 2 is 1.67 bits per heavy atom. The maximum Gasteiger partial charge on any atom is 0.415 e. The van der Waals surface area contributed by atoms with Crippen LogP contribution in [0.2, 0.25) is 0 Å². The number of likely N-dealkylation sites (tertiary alicyclic amines) is 2. The molecule has 49 heavy (non-hydrogen) atoms. The first-order valence-corrected chi connectivity index (χ1v) is 20.2. The monoisotopic (exact) mass is 712 g/mol. The number of ether oxygens (including phenoxy) is 1. The SMILES string of the molecule is CN1CCC2(CC1)CCN(C(=O)Oc1ccc3c(c1)C[C@@H](CCCS(=O)CCCC(F)(F)C(C)(F)F)[C@@H]1[C@@H]3CC[C@]3(C)[C@@H](O)CC[C@@H]13)CC2. The van der Waals surface area contributed by atoms with Gasteiger partial charge in [0, 0.05) is 48.7 Å². The number of piperidine rings is 2. The van der Waals surface area contributed by atoms with E-state index in [0.29, 0.717) is 41.1 Å². The molecule has 0 aromatic heterocycles. The van der Waals surface area contributed by atoms with Gasteiger partial charge in [0.15, 0.2) is 0 Å². The van der Waals surface area contributed by atoms with Gasteiger partial charge in [0.2, 0.25) is 0 Å². The first-order valence-electron chi connectivity index (χ1n) is 18.7. The average molecular weight is 713 g/mol. The molecule has 1 aromatic rings. The van der Waals surface area contributed by atoms with Gasteiger partial charge in [-0.2, -0.15) is 8.78 Å². The predicted molar refractivity (Wildman–Crippen MR) is 184 cm³/mol. The van der Waals surface area contributed by atoms with Crippen molar-refractivity contribution in [1.82, 2.24) is 9.80 Å². The van der Waals surface area contributed by atoms with Gasteiger partial charge in [0.05, 0.1) is 6.10 Å². The third-order valence-corrected chi connectivity index (χ3v) is 15.1. The van der Waals surface area contributed by atoms with Crippen LogP contribution in [0.1, 0.15) is 108 Å². The number of rotatable bonds is 10. The number of carbonyl (C=O) groups excluding carboxylic acids is 1. The Morgan fingerprint density at radius 3 is 2.37 bits per heavy atom. The molecule has 1 amide bonds. The van der Waals surface area contributed by atoms with Crippen molar-refractivity contribution in [3.63, 3.8) is 0 Å². The fourth-order valence-corrected chi connectivity index (χ4v) is 11.4. The molecule has 1 N–H and O–H groups in total. The molecule has 0 radical (unpaired) electrons. The van der Waals surface area contributed by atoms with E-state index in [0.717, 1.165) is 77.5 Å². The van der Waals surface area contributed by atoms with Crippen LogP contribution in [-0.4, -0.2) is 87.9 Å². The summed E-state index contributed by atoms with van der Waals surface area (Å²) in [6, 6.07) is 6.13. The first-order chi connectivity index (χ1) is 23.1. The molecule has 1 unspecified atom stereocenters. The maximum absolute atomic E-state index is 13.7. The second kappa shape index (κ2) is 14.4. The molecule has 6 rings (SSSR count). The average Bonchev–Trinajstić information content (AvgIpc) is 3.35. The van der Waals surface area contributed by atoms with Crippen molar-refractivity contribution in [1.29, 1.82) is 0 Å². The van der Waals surface area contributed by atoms with Crippen LogP contribution in [0.4, 0.5) is 22.4 Å². The predicted octanol–water partition coefficient (Wildman–Crippen LogP) is 8.04. The van der Waals surface area contributed by atoms with Gasteiger partial charge >= 0.3 is 17.9 Å². The molecule has 7 atom stereocenters. The molecule has 2 saturated heterocycles. The van der Waals surface area contributed by atoms with E-state index in [1.54, 1.807) is 0 Å². The lowest BCUT2D eigenvalue weighted by atomic mass is 9.52. The highest BCUT2D eigenvalue weighted by molar-refractivity contribution is 7.84. The molecule has 5 aliphatic rings. The summed E-state index contributed by atoms with van der Waals surface area (Å²) in [7, 11) is 0.812. The van der Waals surface area contributed by atoms with Crippen molar-refractivity contribution in [3.05, 3.63) is 29.3 Å². The van der Waals surface area contributed by atoms with E-state index in [2.05, 4.69) is 24.9 Å². The van der Waals surface area contributed by atoms with Crippen molar-refractivity contribution < 1.29 is 36.4 Å². The molecule has 3 aliphatic carbocycles. The van der Waals surface area contributed by atoms with E-state index >= 15 is 0 Å². The number of hydrogen-bond acceptors (Lipinski definition) is 5. The molecule has 2 aliphatic heterocycles. The number of benzene rings is 1. The van der Waals surface area contributed by atoms with Gasteiger partial charge in [-0.3, -0.25) is 4.21 Å². The molecule has 4 fully saturated rings. The van der Waals surface area contributed by atoms with Gasteiger partial charge in [-0.25, -0.2) is 13.6 Å². The molecule has 0 bridgehead atoms. The van der Waals surface area contributed by atoms with Crippen LogP contribution < -0.4 is 4.74 Å². The lowest BCUT2D eigenvalue weighted by Gasteiger charge is -2.53. The zero-order chi connectivity index (χ0) is 35.2. The summed E-state index contributed by atoms with van der Waals surface area (Å²) < 4.78 is 72.5. The van der Waals surface area contributed by atoms with Gasteiger partial charge in [-0.1, -0.05) is 13.0 Å². The molecule has 1 spiro atoms. The second-order valence-electron chi connectivity index (χ2n) is 16.6. The maximum atomic E-state index is 13.7. The van der Waals surface area contributed by atoms with E-state index < -0.39 is 29.1 Å². The minimum Gasteiger partial charge on any atom is -0.410 e. The minimum absolute atomic E-state index is 0.0117. The highest BCUT2D eigenvalue weighted by Crippen LogP contribution is 2.62. The number of aliphatic hydroxyl groups excluding tert-OH is 1. The van der Waals surface area contributed by atoms with Crippen molar-refractivity contribution in [2.45, 2.75) is 121 Å². The fraction of sp³-hybridized carbons (Fsp3) is 0.816. The molecular formula is C38H56F4N2O4S. The number of aliphatic hydroxyl groups is 1. The van der Waals surface area contributed by atoms with Crippen LogP contribution in [-0.2, 0) is 17.2 Å². The lowest BCUT2D eigenvalue weighted by Crippen LogP contribution is -2.48. The highest BCUT2D eigenvalue weighted by Gasteiger charge is 2.56. The van der Waals surface area contributed by atoms with Gasteiger partial charge in [-0.05, 0) is 155 Å². The number of amides is 1. The molecule has 6 nitrogen and oxygen atoms in total. The number of halogens is 4. The molecular weight excluding hydrogens is 656 g/mol. The Bertz CT molecular complexity index is 1360.